The number of rotatable bonds is 11. The molecule has 0 aliphatic carbocycles. The van der Waals surface area contributed by atoms with Crippen LogP contribution in [0.1, 0.15) is 51.4 Å². The summed E-state index contributed by atoms with van der Waals surface area (Å²) >= 11 is 6.94. The molecule has 0 N–H and O–H groups in total. The third-order valence-corrected chi connectivity index (χ3v) is 6.60. The van der Waals surface area contributed by atoms with Crippen molar-refractivity contribution in [3.63, 3.8) is 0 Å². The highest BCUT2D eigenvalue weighted by Crippen LogP contribution is 2.29. The number of carbonyl (C=O) groups excluding carboxylic acids is 1. The Morgan fingerprint density at radius 2 is 1.83 bits per heavy atom. The zero-order valence-electron chi connectivity index (χ0n) is 20.8. The lowest BCUT2D eigenvalue weighted by Gasteiger charge is -2.16. The predicted molar refractivity (Wildman–Crippen MR) is 144 cm³/mol. The molecule has 0 atom stereocenters. The normalized spacial score (nSPS) is 11.3. The molecule has 2 aromatic heterocycles. The van der Waals surface area contributed by atoms with Crippen molar-refractivity contribution >= 4 is 49.0 Å². The van der Waals surface area contributed by atoms with Crippen molar-refractivity contribution in [2.24, 2.45) is 13.0 Å². The lowest BCUT2D eigenvalue weighted by atomic mass is 10.1. The van der Waals surface area contributed by atoms with E-state index in [9.17, 15) is 14.4 Å². The fraction of sp³-hybridized carbons (Fsp3) is 0.480. The minimum Gasteiger partial charge on any atom is -0.486 e. The summed E-state index contributed by atoms with van der Waals surface area (Å²) < 4.78 is 15.3. The van der Waals surface area contributed by atoms with Gasteiger partial charge in [0.1, 0.15) is 18.1 Å². The van der Waals surface area contributed by atoms with Gasteiger partial charge in [0.15, 0.2) is 11.2 Å². The number of carbonyl (C=O) groups is 1. The summed E-state index contributed by atoms with van der Waals surface area (Å²) in [6.07, 6.45) is 2.88. The molecule has 2 heterocycles. The number of esters is 1. The molecular weight excluding hydrogens is 596 g/mol. The first-order chi connectivity index (χ1) is 17.1. The molecule has 11 heteroatoms. The summed E-state index contributed by atoms with van der Waals surface area (Å²) in [6.45, 7) is 6.28. The number of unbranched alkanes of at least 4 members (excludes halogenated alkanes) is 2. The van der Waals surface area contributed by atoms with Gasteiger partial charge in [-0.15, -0.1) is 0 Å². The number of hydrogen-bond donors (Lipinski definition) is 0. The lowest BCUT2D eigenvalue weighted by Crippen LogP contribution is -2.40. The van der Waals surface area contributed by atoms with Crippen LogP contribution in [0.3, 0.4) is 0 Å². The van der Waals surface area contributed by atoms with Crippen LogP contribution in [0.25, 0.3) is 11.2 Å². The van der Waals surface area contributed by atoms with Gasteiger partial charge in [-0.05, 0) is 65.7 Å². The zero-order chi connectivity index (χ0) is 26.4. The SMILES string of the molecule is CC(=O)OCCCCCc1nc2c(=O)n(C)c(=O)n(CC(C)C)c2nc1COc1ccc(Br)cc1Br. The molecule has 0 fully saturated rings. The van der Waals surface area contributed by atoms with E-state index in [4.69, 9.17) is 19.4 Å². The van der Waals surface area contributed by atoms with Crippen LogP contribution in [-0.2, 0) is 36.2 Å². The number of ether oxygens (including phenoxy) is 2. The van der Waals surface area contributed by atoms with Crippen molar-refractivity contribution in [2.45, 2.75) is 59.6 Å². The maximum atomic E-state index is 12.9. The minimum absolute atomic E-state index is 0.122. The Morgan fingerprint density at radius 1 is 1.08 bits per heavy atom. The van der Waals surface area contributed by atoms with E-state index in [-0.39, 0.29) is 29.7 Å². The van der Waals surface area contributed by atoms with E-state index >= 15 is 0 Å². The van der Waals surface area contributed by atoms with Gasteiger partial charge >= 0.3 is 11.7 Å². The van der Waals surface area contributed by atoms with Crippen LogP contribution in [-0.4, -0.2) is 31.7 Å². The Kier molecular flexibility index (Phi) is 9.84. The van der Waals surface area contributed by atoms with Crippen molar-refractivity contribution < 1.29 is 14.3 Å². The Morgan fingerprint density at radius 3 is 2.50 bits per heavy atom. The van der Waals surface area contributed by atoms with Gasteiger partial charge < -0.3 is 9.47 Å². The van der Waals surface area contributed by atoms with Crippen molar-refractivity contribution in [3.8, 4) is 5.75 Å². The highest BCUT2D eigenvalue weighted by Gasteiger charge is 2.19. The predicted octanol–water partition coefficient (Wildman–Crippen LogP) is 4.53. The summed E-state index contributed by atoms with van der Waals surface area (Å²) in [5.74, 6) is 0.508. The third-order valence-electron chi connectivity index (χ3n) is 5.48. The van der Waals surface area contributed by atoms with Crippen molar-refractivity contribution in [3.05, 3.63) is 59.4 Å². The van der Waals surface area contributed by atoms with Crippen LogP contribution in [0.15, 0.2) is 36.7 Å². The van der Waals surface area contributed by atoms with Gasteiger partial charge in [-0.25, -0.2) is 14.8 Å². The highest BCUT2D eigenvalue weighted by molar-refractivity contribution is 9.11. The van der Waals surface area contributed by atoms with Gasteiger partial charge in [0.05, 0.1) is 16.8 Å². The number of aryl methyl sites for hydroxylation is 1. The summed E-state index contributed by atoms with van der Waals surface area (Å²) in [5.41, 5.74) is 0.764. The maximum Gasteiger partial charge on any atom is 0.332 e. The van der Waals surface area contributed by atoms with Crippen molar-refractivity contribution in [1.29, 1.82) is 0 Å². The molecule has 9 nitrogen and oxygen atoms in total. The molecule has 0 radical (unpaired) electrons. The summed E-state index contributed by atoms with van der Waals surface area (Å²) in [5, 5.41) is 0. The Balaban J connectivity index is 1.99. The van der Waals surface area contributed by atoms with Crippen LogP contribution >= 0.6 is 31.9 Å². The molecule has 0 amide bonds. The highest BCUT2D eigenvalue weighted by atomic mass is 79.9. The van der Waals surface area contributed by atoms with Crippen LogP contribution in [0, 0.1) is 5.92 Å². The van der Waals surface area contributed by atoms with E-state index in [1.165, 1.54) is 18.5 Å². The molecule has 0 saturated carbocycles. The van der Waals surface area contributed by atoms with E-state index < -0.39 is 11.2 Å². The molecule has 0 aliphatic heterocycles. The van der Waals surface area contributed by atoms with Crippen LogP contribution in [0.5, 0.6) is 5.75 Å². The molecule has 0 saturated heterocycles. The van der Waals surface area contributed by atoms with Crippen molar-refractivity contribution in [2.75, 3.05) is 6.61 Å². The first kappa shape index (κ1) is 28.0. The van der Waals surface area contributed by atoms with Crippen LogP contribution < -0.4 is 16.0 Å². The smallest absolute Gasteiger partial charge is 0.332 e. The first-order valence-electron chi connectivity index (χ1n) is 11.8. The summed E-state index contributed by atoms with van der Waals surface area (Å²) in [6, 6.07) is 5.59. The van der Waals surface area contributed by atoms with Crippen LogP contribution in [0.2, 0.25) is 0 Å². The second-order valence-electron chi connectivity index (χ2n) is 8.95. The van der Waals surface area contributed by atoms with Crippen molar-refractivity contribution in [1.82, 2.24) is 19.1 Å². The average molecular weight is 626 g/mol. The van der Waals surface area contributed by atoms with Gasteiger partial charge in [-0.3, -0.25) is 18.7 Å². The Hall–Kier alpha value is -2.53. The summed E-state index contributed by atoms with van der Waals surface area (Å²) in [7, 11) is 1.46. The average Bonchev–Trinajstić information content (AvgIpc) is 2.81. The third kappa shape index (κ3) is 7.03. The number of hydrogen-bond acceptors (Lipinski definition) is 7. The van der Waals surface area contributed by atoms with E-state index in [0.29, 0.717) is 36.7 Å². The standard InChI is InChI=1S/C25H30Br2N4O5/c1-15(2)13-31-23-22(24(33)30(4)25(31)34)28-19(8-6-5-7-11-35-16(3)32)20(29-23)14-36-21-10-9-17(26)12-18(21)27/h9-10,12,15H,5-8,11,13-14H2,1-4H3. The largest absolute Gasteiger partial charge is 0.486 e. The Labute approximate surface area is 226 Å². The fourth-order valence-corrected chi connectivity index (χ4v) is 4.88. The second kappa shape index (κ2) is 12.6. The molecule has 36 heavy (non-hydrogen) atoms. The van der Waals surface area contributed by atoms with E-state index in [1.54, 1.807) is 0 Å². The minimum atomic E-state index is -0.471. The number of nitrogens with zero attached hydrogens (tertiary/aromatic N) is 4. The van der Waals surface area contributed by atoms with Gasteiger partial charge in [-0.2, -0.15) is 0 Å². The number of aromatic nitrogens is 4. The monoisotopic (exact) mass is 624 g/mol. The first-order valence-corrected chi connectivity index (χ1v) is 13.4. The fourth-order valence-electron chi connectivity index (χ4n) is 3.71. The summed E-state index contributed by atoms with van der Waals surface area (Å²) in [4.78, 5) is 46.3. The van der Waals surface area contributed by atoms with Gasteiger partial charge in [0.25, 0.3) is 5.56 Å². The van der Waals surface area contributed by atoms with Crippen LogP contribution in [0.4, 0.5) is 0 Å². The molecule has 3 aromatic rings. The van der Waals surface area contributed by atoms with Gasteiger partial charge in [0, 0.05) is 25.0 Å². The molecule has 0 aliphatic rings. The van der Waals surface area contributed by atoms with E-state index in [0.717, 1.165) is 32.8 Å². The molecule has 194 valence electrons. The zero-order valence-corrected chi connectivity index (χ0v) is 24.0. The van der Waals surface area contributed by atoms with Gasteiger partial charge in [0.2, 0.25) is 0 Å². The maximum absolute atomic E-state index is 12.9. The number of halogens is 2. The van der Waals surface area contributed by atoms with E-state index in [1.807, 2.05) is 32.0 Å². The second-order valence-corrected chi connectivity index (χ2v) is 10.7. The van der Waals surface area contributed by atoms with E-state index in [2.05, 4.69) is 31.9 Å². The van der Waals surface area contributed by atoms with Gasteiger partial charge in [-0.1, -0.05) is 29.8 Å². The topological polar surface area (TPSA) is 105 Å². The lowest BCUT2D eigenvalue weighted by molar-refractivity contribution is -0.141. The molecule has 0 bridgehead atoms. The number of fused-ring (bicyclic) bond motifs is 1. The molecule has 1 aromatic carbocycles. The molecule has 0 spiro atoms. The molecule has 3 rings (SSSR count). The quantitative estimate of drug-likeness (QED) is 0.228. The Bertz CT molecular complexity index is 1370. The molecule has 0 unspecified atom stereocenters. The molecular formula is C25H30Br2N4O5. The number of benzene rings is 1.